The Morgan fingerprint density at radius 3 is 2.48 bits per heavy atom. The van der Waals surface area contributed by atoms with Crippen LogP contribution in [0.25, 0.3) is 0 Å². The Bertz CT molecular complexity index is 1080. The molecular weight excluding hydrogens is 412 g/mol. The van der Waals surface area contributed by atoms with E-state index in [0.717, 1.165) is 28.7 Å². The molecule has 6 nitrogen and oxygen atoms in total. The number of aryl methyl sites for hydroxylation is 2. The lowest BCUT2D eigenvalue weighted by atomic mass is 9.89. The molecule has 1 N–H and O–H groups in total. The van der Waals surface area contributed by atoms with Gasteiger partial charge in [-0.25, -0.2) is 8.42 Å². The number of nitrogens with zero attached hydrogens (tertiary/aromatic N) is 1. The van der Waals surface area contributed by atoms with Crippen molar-refractivity contribution in [3.05, 3.63) is 59.2 Å². The van der Waals surface area contributed by atoms with Crippen LogP contribution in [0.2, 0.25) is 0 Å². The lowest BCUT2D eigenvalue weighted by Gasteiger charge is -2.39. The fourth-order valence-electron chi connectivity index (χ4n) is 4.18. The maximum Gasteiger partial charge on any atom is 0.244 e. The quantitative estimate of drug-likeness (QED) is 0.722. The summed E-state index contributed by atoms with van der Waals surface area (Å²) in [7, 11) is -3.67. The summed E-state index contributed by atoms with van der Waals surface area (Å²) < 4.78 is 32.8. The minimum atomic E-state index is -3.67. The highest BCUT2D eigenvalue weighted by Crippen LogP contribution is 2.40. The number of nitrogens with one attached hydrogen (secondary N) is 1. The first-order valence-corrected chi connectivity index (χ1v) is 12.4. The van der Waals surface area contributed by atoms with Crippen LogP contribution in [-0.4, -0.2) is 32.2 Å². The maximum atomic E-state index is 13.4. The van der Waals surface area contributed by atoms with Crippen LogP contribution >= 0.6 is 0 Å². The van der Waals surface area contributed by atoms with E-state index in [1.807, 2.05) is 58.9 Å². The lowest BCUT2D eigenvalue weighted by molar-refractivity contribution is -0.123. The van der Waals surface area contributed by atoms with Crippen LogP contribution in [-0.2, 0) is 14.8 Å². The fraction of sp³-hybridized carbons (Fsp3) is 0.458. The summed E-state index contributed by atoms with van der Waals surface area (Å²) in [5, 5.41) is 3.11. The molecule has 3 rings (SSSR count). The molecule has 0 aromatic heterocycles. The van der Waals surface area contributed by atoms with E-state index in [4.69, 9.17) is 4.74 Å². The highest BCUT2D eigenvalue weighted by Gasteiger charge is 2.37. The topological polar surface area (TPSA) is 75.7 Å². The molecule has 0 fully saturated rings. The zero-order valence-electron chi connectivity index (χ0n) is 19.1. The molecule has 2 aromatic rings. The minimum absolute atomic E-state index is 0.264. The molecule has 7 heteroatoms. The highest BCUT2D eigenvalue weighted by molar-refractivity contribution is 7.92. The summed E-state index contributed by atoms with van der Waals surface area (Å²) in [5.74, 6) is 0.442. The monoisotopic (exact) mass is 444 g/mol. The van der Waals surface area contributed by atoms with Crippen molar-refractivity contribution in [3.63, 3.8) is 0 Å². The van der Waals surface area contributed by atoms with Crippen LogP contribution in [0, 0.1) is 13.8 Å². The number of rotatable bonds is 6. The van der Waals surface area contributed by atoms with Crippen molar-refractivity contribution in [2.75, 3.05) is 10.6 Å². The summed E-state index contributed by atoms with van der Waals surface area (Å²) in [6.45, 7) is 9.70. The predicted octanol–water partition coefficient (Wildman–Crippen LogP) is 4.27. The predicted molar refractivity (Wildman–Crippen MR) is 124 cm³/mol. The maximum absolute atomic E-state index is 13.4. The largest absolute Gasteiger partial charge is 0.487 e. The Morgan fingerprint density at radius 2 is 1.87 bits per heavy atom. The number of anilines is 1. The van der Waals surface area contributed by atoms with E-state index in [1.165, 1.54) is 4.31 Å². The summed E-state index contributed by atoms with van der Waals surface area (Å²) in [4.78, 5) is 13.4. The molecular formula is C24H32N2O4S. The SMILES string of the molecule is CC[C@H](C(=O)N[C@H]1CC(C)(C)Oc2cc(C)ccc21)N(c1cccc(C)c1)S(C)(=O)=O. The summed E-state index contributed by atoms with van der Waals surface area (Å²) >= 11 is 0. The standard InChI is InChI=1S/C24H32N2O4S/c1-7-21(26(31(6,28)29)18-10-8-9-16(2)13-18)23(27)25-20-15-24(4,5)30-22-14-17(3)11-12-19(20)22/h8-14,20-21H,7,15H2,1-6H3,(H,25,27)/t20-,21+/m0/s1. The van der Waals surface area contributed by atoms with Crippen molar-refractivity contribution in [3.8, 4) is 5.75 Å². The van der Waals surface area contributed by atoms with Crippen LogP contribution in [0.1, 0.15) is 56.3 Å². The Kier molecular flexibility index (Phi) is 6.37. The van der Waals surface area contributed by atoms with Gasteiger partial charge in [0.15, 0.2) is 0 Å². The summed E-state index contributed by atoms with van der Waals surface area (Å²) in [5.41, 5.74) is 2.96. The van der Waals surface area contributed by atoms with Crippen molar-refractivity contribution >= 4 is 21.6 Å². The van der Waals surface area contributed by atoms with Gasteiger partial charge in [-0.15, -0.1) is 0 Å². The van der Waals surface area contributed by atoms with Crippen LogP contribution in [0.15, 0.2) is 42.5 Å². The van der Waals surface area contributed by atoms with Gasteiger partial charge in [0.25, 0.3) is 0 Å². The van der Waals surface area contributed by atoms with Crippen molar-refractivity contribution in [1.29, 1.82) is 0 Å². The first-order chi connectivity index (χ1) is 14.4. The number of benzene rings is 2. The van der Waals surface area contributed by atoms with Crippen LogP contribution in [0.3, 0.4) is 0 Å². The molecule has 1 heterocycles. The van der Waals surface area contributed by atoms with E-state index in [-0.39, 0.29) is 11.9 Å². The number of hydrogen-bond acceptors (Lipinski definition) is 4. The van der Waals surface area contributed by atoms with Gasteiger partial charge in [0.05, 0.1) is 18.0 Å². The third kappa shape index (κ3) is 5.21. The third-order valence-electron chi connectivity index (χ3n) is 5.53. The van der Waals surface area contributed by atoms with Crippen molar-refractivity contribution in [2.24, 2.45) is 0 Å². The second kappa shape index (κ2) is 8.54. The lowest BCUT2D eigenvalue weighted by Crippen LogP contribution is -2.51. The van der Waals surface area contributed by atoms with Crippen LogP contribution < -0.4 is 14.4 Å². The second-order valence-corrected chi connectivity index (χ2v) is 10.8. The second-order valence-electron chi connectivity index (χ2n) is 8.99. The molecule has 0 bridgehead atoms. The van der Waals surface area contributed by atoms with E-state index in [2.05, 4.69) is 5.32 Å². The number of amides is 1. The van der Waals surface area contributed by atoms with E-state index < -0.39 is 21.7 Å². The van der Waals surface area contributed by atoms with E-state index in [9.17, 15) is 13.2 Å². The van der Waals surface area contributed by atoms with Gasteiger partial charge in [0, 0.05) is 12.0 Å². The summed E-state index contributed by atoms with van der Waals surface area (Å²) in [6.07, 6.45) is 2.08. The van der Waals surface area contributed by atoms with E-state index in [1.54, 1.807) is 18.2 Å². The minimum Gasteiger partial charge on any atom is -0.487 e. The van der Waals surface area contributed by atoms with Crippen LogP contribution in [0.4, 0.5) is 5.69 Å². The fourth-order valence-corrected chi connectivity index (χ4v) is 5.38. The first-order valence-electron chi connectivity index (χ1n) is 10.6. The van der Waals surface area contributed by atoms with Crippen LogP contribution in [0.5, 0.6) is 5.75 Å². The molecule has 168 valence electrons. The molecule has 1 amide bonds. The zero-order valence-corrected chi connectivity index (χ0v) is 19.9. The third-order valence-corrected chi connectivity index (χ3v) is 6.71. The molecule has 31 heavy (non-hydrogen) atoms. The normalized spacial score (nSPS) is 18.5. The number of fused-ring (bicyclic) bond motifs is 1. The molecule has 0 unspecified atom stereocenters. The highest BCUT2D eigenvalue weighted by atomic mass is 32.2. The Hall–Kier alpha value is -2.54. The Labute approximate surface area is 185 Å². The Morgan fingerprint density at radius 1 is 1.19 bits per heavy atom. The van der Waals surface area contributed by atoms with Crippen molar-refractivity contribution in [2.45, 2.75) is 65.1 Å². The molecule has 2 aromatic carbocycles. The average Bonchev–Trinajstić information content (AvgIpc) is 2.63. The average molecular weight is 445 g/mol. The molecule has 0 saturated heterocycles. The number of ether oxygens (including phenoxy) is 1. The van der Waals surface area contributed by atoms with Gasteiger partial charge in [0.2, 0.25) is 15.9 Å². The molecule has 1 aliphatic rings. The van der Waals surface area contributed by atoms with Gasteiger partial charge in [-0.2, -0.15) is 0 Å². The van der Waals surface area contributed by atoms with E-state index >= 15 is 0 Å². The van der Waals surface area contributed by atoms with Gasteiger partial charge in [-0.05, 0) is 63.4 Å². The first kappa shape index (κ1) is 23.1. The number of carbonyl (C=O) groups excluding carboxylic acids is 1. The van der Waals surface area contributed by atoms with Crippen molar-refractivity contribution in [1.82, 2.24) is 5.32 Å². The molecule has 0 spiro atoms. The molecule has 2 atom stereocenters. The molecule has 0 aliphatic carbocycles. The van der Waals surface area contributed by atoms with Gasteiger partial charge in [-0.3, -0.25) is 9.10 Å². The van der Waals surface area contributed by atoms with Gasteiger partial charge < -0.3 is 10.1 Å². The number of sulfonamides is 1. The smallest absolute Gasteiger partial charge is 0.244 e. The zero-order chi connectivity index (χ0) is 23.0. The number of carbonyl (C=O) groups is 1. The number of hydrogen-bond donors (Lipinski definition) is 1. The van der Waals surface area contributed by atoms with Crippen molar-refractivity contribution < 1.29 is 17.9 Å². The molecule has 0 radical (unpaired) electrons. The Balaban J connectivity index is 1.95. The van der Waals surface area contributed by atoms with Gasteiger partial charge >= 0.3 is 0 Å². The van der Waals surface area contributed by atoms with Gasteiger partial charge in [0.1, 0.15) is 17.4 Å². The molecule has 0 saturated carbocycles. The van der Waals surface area contributed by atoms with E-state index in [0.29, 0.717) is 18.5 Å². The van der Waals surface area contributed by atoms with Gasteiger partial charge in [-0.1, -0.05) is 31.2 Å². The summed E-state index contributed by atoms with van der Waals surface area (Å²) in [6, 6.07) is 12.0. The molecule has 1 aliphatic heterocycles.